The van der Waals surface area contributed by atoms with Crippen LogP contribution in [0.2, 0.25) is 0 Å². The number of H-pyrrole nitrogens is 2. The standard InChI is InChI=1S/C18H19N9O6S3/c1-34(28,29)27-7-9(8-27)35(30,31)13-6-5-10(11-3-2-4-12-15(11)22-18(19)21-12)14(16(13)36(20,32)33)17-23-25-26-24-17/h2-6,9H,7-8H2,1H3,(H3,19,21,22)(H2,20,32,33)(H,23,24,25,26). The van der Waals surface area contributed by atoms with E-state index in [0.29, 0.717) is 16.6 Å². The molecule has 0 spiro atoms. The number of hydrogen-bond acceptors (Lipinski definition) is 11. The van der Waals surface area contributed by atoms with E-state index < -0.39 is 44.9 Å². The Kier molecular flexibility index (Phi) is 5.41. The van der Waals surface area contributed by atoms with Gasteiger partial charge < -0.3 is 10.7 Å². The van der Waals surface area contributed by atoms with Crippen LogP contribution in [0.5, 0.6) is 0 Å². The summed E-state index contributed by atoms with van der Waals surface area (Å²) in [7, 11) is -12.7. The van der Waals surface area contributed by atoms with Crippen LogP contribution in [0.3, 0.4) is 0 Å². The SMILES string of the molecule is CS(=O)(=O)N1CC(S(=O)(=O)c2ccc(-c3cccc4[nH]c(N)nc34)c(-c3nn[nH]n3)c2S(N)(=O)=O)C1. The summed E-state index contributed by atoms with van der Waals surface area (Å²) in [5, 5.41) is 17.8. The van der Waals surface area contributed by atoms with Gasteiger partial charge in [-0.1, -0.05) is 18.2 Å². The highest BCUT2D eigenvalue weighted by Gasteiger charge is 2.45. The van der Waals surface area contributed by atoms with E-state index in [0.717, 1.165) is 16.6 Å². The van der Waals surface area contributed by atoms with Crippen LogP contribution >= 0.6 is 0 Å². The number of benzene rings is 2. The number of sulfone groups is 1. The normalized spacial score (nSPS) is 15.8. The Morgan fingerprint density at radius 2 is 1.75 bits per heavy atom. The van der Waals surface area contributed by atoms with Crippen molar-refractivity contribution in [2.75, 3.05) is 25.1 Å². The third-order valence-corrected chi connectivity index (χ3v) is 10.3. The lowest BCUT2D eigenvalue weighted by Crippen LogP contribution is -2.56. The first kappa shape index (κ1) is 24.3. The van der Waals surface area contributed by atoms with Crippen LogP contribution in [0.4, 0.5) is 5.95 Å². The van der Waals surface area contributed by atoms with E-state index in [1.54, 1.807) is 18.2 Å². The molecule has 6 N–H and O–H groups in total. The van der Waals surface area contributed by atoms with E-state index in [-0.39, 0.29) is 36.0 Å². The maximum atomic E-state index is 13.5. The Bertz CT molecular complexity index is 1830. The lowest BCUT2D eigenvalue weighted by atomic mass is 9.98. The van der Waals surface area contributed by atoms with Crippen molar-refractivity contribution in [3.63, 3.8) is 0 Å². The van der Waals surface area contributed by atoms with Crippen molar-refractivity contribution >= 4 is 46.9 Å². The molecule has 1 saturated heterocycles. The lowest BCUT2D eigenvalue weighted by Gasteiger charge is -2.36. The highest BCUT2D eigenvalue weighted by atomic mass is 32.2. The predicted molar refractivity (Wildman–Crippen MR) is 128 cm³/mol. The van der Waals surface area contributed by atoms with Crippen molar-refractivity contribution < 1.29 is 25.3 Å². The quantitative estimate of drug-likeness (QED) is 0.227. The molecular formula is C18H19N9O6S3. The average Bonchev–Trinajstić information content (AvgIpc) is 3.38. The maximum Gasteiger partial charge on any atom is 0.240 e. The second-order valence-corrected chi connectivity index (χ2v) is 13.8. The minimum absolute atomic E-state index is 0.116. The fourth-order valence-corrected chi connectivity index (χ4v) is 8.45. The van der Waals surface area contributed by atoms with Gasteiger partial charge in [-0.25, -0.2) is 35.4 Å². The third-order valence-electron chi connectivity index (χ3n) is 5.83. The largest absolute Gasteiger partial charge is 0.369 e. The summed E-state index contributed by atoms with van der Waals surface area (Å²) in [6.07, 6.45) is 0.956. The number of nitrogens with one attached hydrogen (secondary N) is 2. The van der Waals surface area contributed by atoms with Crippen molar-refractivity contribution in [1.29, 1.82) is 0 Å². The Balaban J connectivity index is 1.80. The van der Waals surface area contributed by atoms with Crippen LogP contribution in [0.1, 0.15) is 0 Å². The zero-order valence-corrected chi connectivity index (χ0v) is 20.9. The number of nitrogen functional groups attached to an aromatic ring is 1. The first-order chi connectivity index (χ1) is 16.8. The molecule has 18 heteroatoms. The number of tetrazole rings is 1. The minimum Gasteiger partial charge on any atom is -0.369 e. The third kappa shape index (κ3) is 3.91. The Labute approximate surface area is 204 Å². The second-order valence-electron chi connectivity index (χ2n) is 8.17. The molecule has 36 heavy (non-hydrogen) atoms. The number of aromatic nitrogens is 6. The molecular weight excluding hydrogens is 534 g/mol. The Morgan fingerprint density at radius 1 is 1.03 bits per heavy atom. The van der Waals surface area contributed by atoms with Gasteiger partial charge in [0.1, 0.15) is 4.90 Å². The summed E-state index contributed by atoms with van der Waals surface area (Å²) in [6.45, 7) is -0.646. The van der Waals surface area contributed by atoms with Crippen LogP contribution in [0.25, 0.3) is 33.5 Å². The summed E-state index contributed by atoms with van der Waals surface area (Å²) >= 11 is 0. The molecule has 3 heterocycles. The summed E-state index contributed by atoms with van der Waals surface area (Å²) in [5.74, 6) is -0.109. The van der Waals surface area contributed by atoms with Crippen molar-refractivity contribution in [3.05, 3.63) is 30.3 Å². The Morgan fingerprint density at radius 3 is 2.36 bits per heavy atom. The first-order valence-electron chi connectivity index (χ1n) is 10.2. The zero-order valence-electron chi connectivity index (χ0n) is 18.4. The number of primary sulfonamides is 1. The highest BCUT2D eigenvalue weighted by Crippen LogP contribution is 2.42. The van der Waals surface area contributed by atoms with Crippen LogP contribution in [-0.2, 0) is 29.9 Å². The summed E-state index contributed by atoms with van der Waals surface area (Å²) < 4.78 is 77.3. The molecule has 0 unspecified atom stereocenters. The smallest absolute Gasteiger partial charge is 0.240 e. The van der Waals surface area contributed by atoms with Gasteiger partial charge in [0.2, 0.25) is 25.9 Å². The number of hydrogen-bond donors (Lipinski definition) is 4. The number of rotatable bonds is 6. The number of nitrogens with zero attached hydrogens (tertiary/aromatic N) is 5. The van der Waals surface area contributed by atoms with E-state index in [9.17, 15) is 25.3 Å². The molecule has 1 aliphatic heterocycles. The van der Waals surface area contributed by atoms with E-state index >= 15 is 0 Å². The molecule has 2 aromatic carbocycles. The van der Waals surface area contributed by atoms with Gasteiger partial charge in [-0.15, -0.1) is 10.2 Å². The number of fused-ring (bicyclic) bond motifs is 1. The highest BCUT2D eigenvalue weighted by molar-refractivity contribution is 7.94. The van der Waals surface area contributed by atoms with Crippen molar-refractivity contribution in [1.82, 2.24) is 34.9 Å². The minimum atomic E-state index is -4.70. The number of nitrogens with two attached hydrogens (primary N) is 2. The molecule has 4 aromatic rings. The van der Waals surface area contributed by atoms with E-state index in [4.69, 9.17) is 10.9 Å². The van der Waals surface area contributed by atoms with Crippen LogP contribution in [0.15, 0.2) is 40.1 Å². The number of para-hydroxylation sites is 1. The van der Waals surface area contributed by atoms with Crippen LogP contribution in [0, 0.1) is 0 Å². The Hall–Kier alpha value is -3.45. The van der Waals surface area contributed by atoms with Gasteiger partial charge in [0.05, 0.1) is 33.0 Å². The van der Waals surface area contributed by atoms with Gasteiger partial charge in [0, 0.05) is 18.7 Å². The van der Waals surface area contributed by atoms with Crippen molar-refractivity contribution in [2.45, 2.75) is 15.0 Å². The molecule has 0 aliphatic carbocycles. The van der Waals surface area contributed by atoms with Crippen LogP contribution in [-0.4, -0.2) is 84.7 Å². The first-order valence-corrected chi connectivity index (χ1v) is 15.1. The number of anilines is 1. The molecule has 1 aliphatic rings. The fraction of sp³-hybridized carbons (Fsp3) is 0.222. The topological polar surface area (TPSA) is 241 Å². The monoisotopic (exact) mass is 553 g/mol. The summed E-state index contributed by atoms with van der Waals surface area (Å²) in [6, 6.07) is 7.52. The molecule has 0 bridgehead atoms. The second kappa shape index (κ2) is 8.03. The molecule has 0 saturated carbocycles. The van der Waals surface area contributed by atoms with Gasteiger partial charge in [0.25, 0.3) is 0 Å². The molecule has 0 radical (unpaired) electrons. The van der Waals surface area contributed by atoms with Gasteiger partial charge >= 0.3 is 0 Å². The van der Waals surface area contributed by atoms with E-state index in [1.807, 2.05) is 0 Å². The van der Waals surface area contributed by atoms with Gasteiger partial charge in [0.15, 0.2) is 15.8 Å². The zero-order chi connectivity index (χ0) is 26.0. The molecule has 15 nitrogen and oxygen atoms in total. The van der Waals surface area contributed by atoms with E-state index in [2.05, 4.69) is 30.6 Å². The molecule has 5 rings (SSSR count). The summed E-state index contributed by atoms with van der Waals surface area (Å²) in [4.78, 5) is 5.79. The molecule has 190 valence electrons. The average molecular weight is 554 g/mol. The van der Waals surface area contributed by atoms with Gasteiger partial charge in [-0.05, 0) is 22.9 Å². The number of sulfonamides is 2. The summed E-state index contributed by atoms with van der Waals surface area (Å²) in [5.41, 5.74) is 7.14. The molecule has 0 atom stereocenters. The van der Waals surface area contributed by atoms with Crippen LogP contribution < -0.4 is 10.9 Å². The number of aromatic amines is 2. The van der Waals surface area contributed by atoms with Gasteiger partial charge in [-0.3, -0.25) is 0 Å². The number of imidazole rings is 1. The van der Waals surface area contributed by atoms with Crippen molar-refractivity contribution in [3.8, 4) is 22.5 Å². The fourth-order valence-electron chi connectivity index (χ4n) is 4.10. The molecule has 1 fully saturated rings. The van der Waals surface area contributed by atoms with Crippen molar-refractivity contribution in [2.24, 2.45) is 5.14 Å². The van der Waals surface area contributed by atoms with Gasteiger partial charge in [-0.2, -0.15) is 9.52 Å². The maximum absolute atomic E-state index is 13.5. The lowest BCUT2D eigenvalue weighted by molar-refractivity contribution is 0.312. The van der Waals surface area contributed by atoms with E-state index in [1.165, 1.54) is 6.07 Å². The molecule has 2 aromatic heterocycles. The predicted octanol–water partition coefficient (Wildman–Crippen LogP) is -0.943. The molecule has 0 amide bonds.